The molecule has 2 N–H and O–H groups in total. The Bertz CT molecular complexity index is 545. The summed E-state index contributed by atoms with van der Waals surface area (Å²) in [6, 6.07) is 8.72. The van der Waals surface area contributed by atoms with Crippen LogP contribution in [0.1, 0.15) is 45.2 Å². The molecule has 2 rings (SSSR count). The van der Waals surface area contributed by atoms with E-state index in [1.165, 1.54) is 18.4 Å². The predicted octanol–water partition coefficient (Wildman–Crippen LogP) is 2.80. The number of nitrogens with one attached hydrogen (secondary N) is 2. The summed E-state index contributed by atoms with van der Waals surface area (Å²) in [5.41, 5.74) is 1.27. The third kappa shape index (κ3) is 5.41. The molecule has 0 saturated carbocycles. The molecule has 0 bridgehead atoms. The molecule has 24 heavy (non-hydrogen) atoms. The minimum Gasteiger partial charge on any atom is -0.497 e. The van der Waals surface area contributed by atoms with Gasteiger partial charge in [0.15, 0.2) is 5.96 Å². The SMILES string of the molecule is CN=C(NCC(c1cccc(OC)c1)N1CCCC1)NC(C)(C)C. The third-order valence-corrected chi connectivity index (χ3v) is 4.24. The van der Waals surface area contributed by atoms with Gasteiger partial charge >= 0.3 is 0 Å². The van der Waals surface area contributed by atoms with Gasteiger partial charge in [-0.25, -0.2) is 0 Å². The van der Waals surface area contributed by atoms with Crippen LogP contribution in [0.25, 0.3) is 0 Å². The lowest BCUT2D eigenvalue weighted by Crippen LogP contribution is -2.49. The standard InChI is InChI=1S/C19H32N4O/c1-19(2,3)22-18(20-4)21-14-17(23-11-6-7-12-23)15-9-8-10-16(13-15)24-5/h8-10,13,17H,6-7,11-12,14H2,1-5H3,(H2,20,21,22). The molecule has 1 aliphatic heterocycles. The first kappa shape index (κ1) is 18.6. The molecule has 0 radical (unpaired) electrons. The van der Waals surface area contributed by atoms with Crippen LogP contribution in [0.3, 0.4) is 0 Å². The average molecular weight is 332 g/mol. The Hall–Kier alpha value is -1.75. The zero-order valence-corrected chi connectivity index (χ0v) is 15.7. The number of methoxy groups -OCH3 is 1. The van der Waals surface area contributed by atoms with E-state index in [0.29, 0.717) is 6.04 Å². The third-order valence-electron chi connectivity index (χ3n) is 4.24. The highest BCUT2D eigenvalue weighted by molar-refractivity contribution is 5.80. The molecule has 5 nitrogen and oxygen atoms in total. The van der Waals surface area contributed by atoms with Gasteiger partial charge in [0.2, 0.25) is 0 Å². The van der Waals surface area contributed by atoms with Crippen LogP contribution in [0.5, 0.6) is 5.75 Å². The Morgan fingerprint density at radius 3 is 2.58 bits per heavy atom. The molecule has 1 saturated heterocycles. The summed E-state index contributed by atoms with van der Waals surface area (Å²) >= 11 is 0. The van der Waals surface area contributed by atoms with Crippen molar-refractivity contribution < 1.29 is 4.74 Å². The molecule has 1 aromatic rings. The quantitative estimate of drug-likeness (QED) is 0.643. The van der Waals surface area contributed by atoms with Gasteiger partial charge in [0.1, 0.15) is 5.75 Å². The Morgan fingerprint density at radius 2 is 2.00 bits per heavy atom. The largest absolute Gasteiger partial charge is 0.497 e. The van der Waals surface area contributed by atoms with Crippen molar-refractivity contribution in [3.8, 4) is 5.75 Å². The van der Waals surface area contributed by atoms with E-state index in [9.17, 15) is 0 Å². The van der Waals surface area contributed by atoms with Crippen LogP contribution in [0, 0.1) is 0 Å². The molecule has 1 unspecified atom stereocenters. The summed E-state index contributed by atoms with van der Waals surface area (Å²) in [5, 5.41) is 6.92. The number of rotatable bonds is 5. The number of likely N-dealkylation sites (tertiary alicyclic amines) is 1. The Morgan fingerprint density at radius 1 is 1.29 bits per heavy atom. The molecule has 0 spiro atoms. The molecule has 1 atom stereocenters. The van der Waals surface area contributed by atoms with E-state index in [1.54, 1.807) is 7.11 Å². The number of ether oxygens (including phenoxy) is 1. The molecule has 1 aromatic carbocycles. The lowest BCUT2D eigenvalue weighted by Gasteiger charge is -2.30. The van der Waals surface area contributed by atoms with Crippen LogP contribution >= 0.6 is 0 Å². The molecular formula is C19H32N4O. The number of guanidine groups is 1. The van der Waals surface area contributed by atoms with Gasteiger partial charge in [-0.05, 0) is 64.4 Å². The maximum atomic E-state index is 5.41. The van der Waals surface area contributed by atoms with Crippen molar-refractivity contribution in [1.29, 1.82) is 0 Å². The van der Waals surface area contributed by atoms with Crippen LogP contribution < -0.4 is 15.4 Å². The fourth-order valence-corrected chi connectivity index (χ4v) is 3.09. The zero-order valence-electron chi connectivity index (χ0n) is 15.7. The summed E-state index contributed by atoms with van der Waals surface area (Å²) in [6.07, 6.45) is 2.55. The number of benzene rings is 1. The van der Waals surface area contributed by atoms with E-state index in [0.717, 1.165) is 31.3 Å². The molecule has 0 aliphatic carbocycles. The lowest BCUT2D eigenvalue weighted by molar-refractivity contribution is 0.244. The minimum atomic E-state index is -0.0129. The van der Waals surface area contributed by atoms with Gasteiger partial charge in [0.25, 0.3) is 0 Å². The van der Waals surface area contributed by atoms with Crippen LogP contribution in [0.4, 0.5) is 0 Å². The Kier molecular flexibility index (Phi) is 6.49. The number of hydrogen-bond acceptors (Lipinski definition) is 3. The number of aliphatic imine (C=N–C) groups is 1. The highest BCUT2D eigenvalue weighted by Crippen LogP contribution is 2.27. The van der Waals surface area contributed by atoms with Gasteiger partial charge in [-0.1, -0.05) is 12.1 Å². The van der Waals surface area contributed by atoms with E-state index >= 15 is 0 Å². The van der Waals surface area contributed by atoms with Crippen LogP contribution in [0.15, 0.2) is 29.3 Å². The number of hydrogen-bond donors (Lipinski definition) is 2. The van der Waals surface area contributed by atoms with Gasteiger partial charge < -0.3 is 15.4 Å². The molecular weight excluding hydrogens is 300 g/mol. The van der Waals surface area contributed by atoms with E-state index in [4.69, 9.17) is 4.74 Å². The van der Waals surface area contributed by atoms with Crippen LogP contribution in [0.2, 0.25) is 0 Å². The van der Waals surface area contributed by atoms with E-state index in [2.05, 4.69) is 59.5 Å². The van der Waals surface area contributed by atoms with Crippen LogP contribution in [-0.4, -0.2) is 50.2 Å². The van der Waals surface area contributed by atoms with Gasteiger partial charge in [0, 0.05) is 19.1 Å². The highest BCUT2D eigenvalue weighted by atomic mass is 16.5. The van der Waals surface area contributed by atoms with Crippen molar-refractivity contribution in [1.82, 2.24) is 15.5 Å². The monoisotopic (exact) mass is 332 g/mol. The summed E-state index contributed by atoms with van der Waals surface area (Å²) in [4.78, 5) is 6.90. The second-order valence-electron chi connectivity index (χ2n) is 7.36. The minimum absolute atomic E-state index is 0.0129. The fourth-order valence-electron chi connectivity index (χ4n) is 3.09. The van der Waals surface area contributed by atoms with Gasteiger partial charge in [-0.15, -0.1) is 0 Å². The molecule has 0 aromatic heterocycles. The second kappa shape index (κ2) is 8.38. The Labute approximate surface area is 146 Å². The topological polar surface area (TPSA) is 48.9 Å². The smallest absolute Gasteiger partial charge is 0.191 e. The van der Waals surface area contributed by atoms with E-state index < -0.39 is 0 Å². The maximum Gasteiger partial charge on any atom is 0.191 e. The van der Waals surface area contributed by atoms with Gasteiger partial charge in [-0.2, -0.15) is 0 Å². The second-order valence-corrected chi connectivity index (χ2v) is 7.36. The van der Waals surface area contributed by atoms with Crippen molar-refractivity contribution in [3.63, 3.8) is 0 Å². The van der Waals surface area contributed by atoms with Crippen molar-refractivity contribution in [3.05, 3.63) is 29.8 Å². The van der Waals surface area contributed by atoms with Gasteiger partial charge in [0.05, 0.1) is 13.2 Å². The zero-order chi connectivity index (χ0) is 17.6. The van der Waals surface area contributed by atoms with Crippen molar-refractivity contribution >= 4 is 5.96 Å². The Balaban J connectivity index is 2.11. The van der Waals surface area contributed by atoms with Crippen LogP contribution in [-0.2, 0) is 0 Å². The molecule has 0 amide bonds. The molecule has 1 aliphatic rings. The van der Waals surface area contributed by atoms with Crippen molar-refractivity contribution in [2.24, 2.45) is 4.99 Å². The first-order valence-corrected chi connectivity index (χ1v) is 8.80. The van der Waals surface area contributed by atoms with Crippen molar-refractivity contribution in [2.45, 2.75) is 45.2 Å². The summed E-state index contributed by atoms with van der Waals surface area (Å²) < 4.78 is 5.41. The molecule has 1 heterocycles. The summed E-state index contributed by atoms with van der Waals surface area (Å²) in [6.45, 7) is 9.53. The first-order chi connectivity index (χ1) is 11.4. The first-order valence-electron chi connectivity index (χ1n) is 8.80. The van der Waals surface area contributed by atoms with Gasteiger partial charge in [-0.3, -0.25) is 9.89 Å². The summed E-state index contributed by atoms with van der Waals surface area (Å²) in [5.74, 6) is 1.75. The molecule has 5 heteroatoms. The average Bonchev–Trinajstić information content (AvgIpc) is 3.07. The predicted molar refractivity (Wildman–Crippen MR) is 101 cm³/mol. The van der Waals surface area contributed by atoms with E-state index in [-0.39, 0.29) is 5.54 Å². The lowest BCUT2D eigenvalue weighted by atomic mass is 10.0. The van der Waals surface area contributed by atoms with E-state index in [1.807, 2.05) is 13.1 Å². The normalized spacial score (nSPS) is 17.6. The summed E-state index contributed by atoms with van der Waals surface area (Å²) in [7, 11) is 3.54. The maximum absolute atomic E-state index is 5.41. The fraction of sp³-hybridized carbons (Fsp3) is 0.632. The molecule has 134 valence electrons. The van der Waals surface area contributed by atoms with Crippen molar-refractivity contribution in [2.75, 3.05) is 33.8 Å². The highest BCUT2D eigenvalue weighted by Gasteiger charge is 2.24. The number of nitrogens with zero attached hydrogens (tertiary/aromatic N) is 2. The molecule has 1 fully saturated rings.